The molecule has 1 amide bonds. The molecule has 19 heavy (non-hydrogen) atoms. The van der Waals surface area contributed by atoms with Crippen LogP contribution in [0.4, 0.5) is 5.69 Å². The molecule has 0 heterocycles. The van der Waals surface area contributed by atoms with E-state index in [9.17, 15) is 4.79 Å². The van der Waals surface area contributed by atoms with Crippen LogP contribution in [-0.2, 0) is 5.33 Å². The zero-order valence-electron chi connectivity index (χ0n) is 10.4. The predicted molar refractivity (Wildman–Crippen MR) is 85.9 cm³/mol. The number of hydrogen-bond donors (Lipinski definition) is 1. The molecular formula is C15H13Br2NO. The van der Waals surface area contributed by atoms with Crippen LogP contribution in [0.5, 0.6) is 0 Å². The summed E-state index contributed by atoms with van der Waals surface area (Å²) in [6, 6.07) is 13.4. The van der Waals surface area contributed by atoms with Crippen LogP contribution in [0.2, 0.25) is 0 Å². The molecule has 0 aliphatic carbocycles. The van der Waals surface area contributed by atoms with Gasteiger partial charge in [-0.1, -0.05) is 56.1 Å². The Hall–Kier alpha value is -1.13. The average molecular weight is 383 g/mol. The van der Waals surface area contributed by atoms with E-state index in [1.807, 2.05) is 49.4 Å². The second-order valence-electron chi connectivity index (χ2n) is 4.16. The number of anilines is 1. The standard InChI is InChI=1S/C15H13Br2NO/c1-10-12(6-4-7-13(10)17)15(19)18-14-8-3-2-5-11(14)9-16/h2-8H,9H2,1H3,(H,18,19). The lowest BCUT2D eigenvalue weighted by atomic mass is 10.1. The van der Waals surface area contributed by atoms with Crippen LogP contribution in [0, 0.1) is 6.92 Å². The minimum atomic E-state index is -0.0906. The number of alkyl halides is 1. The number of para-hydroxylation sites is 1. The lowest BCUT2D eigenvalue weighted by Gasteiger charge is -2.11. The van der Waals surface area contributed by atoms with Gasteiger partial charge in [0.15, 0.2) is 0 Å². The highest BCUT2D eigenvalue weighted by molar-refractivity contribution is 9.10. The van der Waals surface area contributed by atoms with Gasteiger partial charge < -0.3 is 5.32 Å². The molecule has 1 N–H and O–H groups in total. The summed E-state index contributed by atoms with van der Waals surface area (Å²) in [4.78, 5) is 12.3. The van der Waals surface area contributed by atoms with Crippen LogP contribution in [-0.4, -0.2) is 5.91 Å². The molecule has 98 valence electrons. The minimum Gasteiger partial charge on any atom is -0.322 e. The van der Waals surface area contributed by atoms with Gasteiger partial charge in [0.1, 0.15) is 0 Å². The number of hydrogen-bond acceptors (Lipinski definition) is 1. The molecule has 0 aromatic heterocycles. The Morgan fingerprint density at radius 1 is 1.16 bits per heavy atom. The van der Waals surface area contributed by atoms with E-state index in [0.29, 0.717) is 10.9 Å². The van der Waals surface area contributed by atoms with E-state index in [1.165, 1.54) is 0 Å². The van der Waals surface area contributed by atoms with Crippen LogP contribution in [0.1, 0.15) is 21.5 Å². The Bertz CT molecular complexity index is 611. The number of benzene rings is 2. The fraction of sp³-hybridized carbons (Fsp3) is 0.133. The van der Waals surface area contributed by atoms with Crippen LogP contribution < -0.4 is 5.32 Å². The molecule has 2 aromatic rings. The van der Waals surface area contributed by atoms with Crippen LogP contribution in [0.3, 0.4) is 0 Å². The Balaban J connectivity index is 2.28. The molecule has 2 rings (SSSR count). The van der Waals surface area contributed by atoms with Crippen molar-refractivity contribution in [3.05, 3.63) is 63.6 Å². The Morgan fingerprint density at radius 3 is 2.63 bits per heavy atom. The number of carbonyl (C=O) groups is 1. The van der Waals surface area contributed by atoms with Crippen molar-refractivity contribution in [1.29, 1.82) is 0 Å². The van der Waals surface area contributed by atoms with Gasteiger partial charge in [0, 0.05) is 21.1 Å². The quantitative estimate of drug-likeness (QED) is 0.751. The third-order valence-corrected chi connectivity index (χ3v) is 4.39. The molecule has 4 heteroatoms. The molecule has 2 nitrogen and oxygen atoms in total. The molecule has 0 saturated heterocycles. The molecule has 0 bridgehead atoms. The summed E-state index contributed by atoms with van der Waals surface area (Å²) in [7, 11) is 0. The van der Waals surface area contributed by atoms with Gasteiger partial charge in [0.2, 0.25) is 0 Å². The summed E-state index contributed by atoms with van der Waals surface area (Å²) in [6.45, 7) is 1.93. The van der Waals surface area contributed by atoms with Gasteiger partial charge in [0.25, 0.3) is 5.91 Å². The first-order chi connectivity index (χ1) is 9.13. The number of halogens is 2. The van der Waals surface area contributed by atoms with Crippen molar-refractivity contribution in [1.82, 2.24) is 0 Å². The van der Waals surface area contributed by atoms with E-state index in [-0.39, 0.29) is 5.91 Å². The summed E-state index contributed by atoms with van der Waals surface area (Å²) in [6.07, 6.45) is 0. The third-order valence-electron chi connectivity index (χ3n) is 2.92. The zero-order valence-corrected chi connectivity index (χ0v) is 13.6. The highest BCUT2D eigenvalue weighted by atomic mass is 79.9. The molecule has 0 aliphatic heterocycles. The monoisotopic (exact) mass is 381 g/mol. The SMILES string of the molecule is Cc1c(Br)cccc1C(=O)Nc1ccccc1CBr. The van der Waals surface area contributed by atoms with Crippen LogP contribution in [0.25, 0.3) is 0 Å². The van der Waals surface area contributed by atoms with E-state index >= 15 is 0 Å². The van der Waals surface area contributed by atoms with Crippen molar-refractivity contribution in [2.45, 2.75) is 12.3 Å². The predicted octanol–water partition coefficient (Wildman–Crippen LogP) is 4.90. The van der Waals surface area contributed by atoms with Crippen molar-refractivity contribution >= 4 is 43.5 Å². The van der Waals surface area contributed by atoms with Crippen molar-refractivity contribution < 1.29 is 4.79 Å². The second kappa shape index (κ2) is 6.35. The molecule has 0 fully saturated rings. The number of carbonyl (C=O) groups excluding carboxylic acids is 1. The van der Waals surface area contributed by atoms with Gasteiger partial charge in [-0.2, -0.15) is 0 Å². The minimum absolute atomic E-state index is 0.0906. The maximum absolute atomic E-state index is 12.3. The summed E-state index contributed by atoms with van der Waals surface area (Å²) in [5.41, 5.74) is 3.52. The highest BCUT2D eigenvalue weighted by Crippen LogP contribution is 2.22. The topological polar surface area (TPSA) is 29.1 Å². The van der Waals surface area contributed by atoms with E-state index in [0.717, 1.165) is 21.3 Å². The lowest BCUT2D eigenvalue weighted by Crippen LogP contribution is -2.14. The molecular weight excluding hydrogens is 370 g/mol. The smallest absolute Gasteiger partial charge is 0.255 e. The molecule has 0 spiro atoms. The second-order valence-corrected chi connectivity index (χ2v) is 5.57. The van der Waals surface area contributed by atoms with Crippen molar-refractivity contribution in [3.63, 3.8) is 0 Å². The number of amides is 1. The first-order valence-electron chi connectivity index (χ1n) is 5.84. The average Bonchev–Trinajstić information content (AvgIpc) is 2.42. The highest BCUT2D eigenvalue weighted by Gasteiger charge is 2.12. The first-order valence-corrected chi connectivity index (χ1v) is 7.75. The van der Waals surface area contributed by atoms with Gasteiger partial charge in [-0.15, -0.1) is 0 Å². The molecule has 0 aliphatic rings. The first kappa shape index (κ1) is 14.3. The van der Waals surface area contributed by atoms with Gasteiger partial charge in [-0.25, -0.2) is 0 Å². The van der Waals surface area contributed by atoms with E-state index in [2.05, 4.69) is 37.2 Å². The van der Waals surface area contributed by atoms with Gasteiger partial charge in [-0.3, -0.25) is 4.79 Å². The van der Waals surface area contributed by atoms with E-state index in [1.54, 1.807) is 0 Å². The Kier molecular flexibility index (Phi) is 4.77. The van der Waals surface area contributed by atoms with Gasteiger partial charge >= 0.3 is 0 Å². The number of rotatable bonds is 3. The van der Waals surface area contributed by atoms with Gasteiger partial charge in [0.05, 0.1) is 0 Å². The third kappa shape index (κ3) is 3.25. The fourth-order valence-electron chi connectivity index (χ4n) is 1.80. The fourth-order valence-corrected chi connectivity index (χ4v) is 2.66. The lowest BCUT2D eigenvalue weighted by molar-refractivity contribution is 0.102. The van der Waals surface area contributed by atoms with Crippen molar-refractivity contribution in [2.75, 3.05) is 5.32 Å². The van der Waals surface area contributed by atoms with E-state index in [4.69, 9.17) is 0 Å². The molecule has 0 atom stereocenters. The van der Waals surface area contributed by atoms with Gasteiger partial charge in [-0.05, 0) is 36.2 Å². The summed E-state index contributed by atoms with van der Waals surface area (Å²) >= 11 is 6.86. The Morgan fingerprint density at radius 2 is 1.89 bits per heavy atom. The summed E-state index contributed by atoms with van der Waals surface area (Å²) in [5.74, 6) is -0.0906. The van der Waals surface area contributed by atoms with Crippen LogP contribution in [0.15, 0.2) is 46.9 Å². The number of nitrogens with one attached hydrogen (secondary N) is 1. The Labute approximate surface area is 129 Å². The molecule has 0 radical (unpaired) electrons. The zero-order chi connectivity index (χ0) is 13.8. The maximum Gasteiger partial charge on any atom is 0.255 e. The van der Waals surface area contributed by atoms with E-state index < -0.39 is 0 Å². The maximum atomic E-state index is 12.3. The largest absolute Gasteiger partial charge is 0.322 e. The molecule has 0 unspecified atom stereocenters. The van der Waals surface area contributed by atoms with Crippen molar-refractivity contribution in [3.8, 4) is 0 Å². The normalized spacial score (nSPS) is 10.3. The summed E-state index contributed by atoms with van der Waals surface area (Å²) < 4.78 is 0.939. The molecule has 2 aromatic carbocycles. The summed E-state index contributed by atoms with van der Waals surface area (Å²) in [5, 5.41) is 3.67. The van der Waals surface area contributed by atoms with Crippen LogP contribution >= 0.6 is 31.9 Å². The van der Waals surface area contributed by atoms with Crippen molar-refractivity contribution in [2.24, 2.45) is 0 Å². The molecule has 0 saturated carbocycles.